The number of rotatable bonds is 9. The van der Waals surface area contributed by atoms with Gasteiger partial charge in [-0.1, -0.05) is 32.0 Å². The Labute approximate surface area is 167 Å². The highest BCUT2D eigenvalue weighted by molar-refractivity contribution is 7.98. The number of unbranched alkanes of at least 4 members (excludes halogenated alkanes) is 1. The molecular formula is C18H26N6OS2. The highest BCUT2D eigenvalue weighted by Gasteiger charge is 2.22. The molecule has 0 saturated carbocycles. The minimum atomic E-state index is -0.0719. The summed E-state index contributed by atoms with van der Waals surface area (Å²) in [6.45, 7) is 5.25. The zero-order chi connectivity index (χ0) is 19.4. The van der Waals surface area contributed by atoms with E-state index in [1.54, 1.807) is 11.8 Å². The van der Waals surface area contributed by atoms with Crippen molar-refractivity contribution < 1.29 is 0 Å². The van der Waals surface area contributed by atoms with Crippen LogP contribution in [0, 0.1) is 0 Å². The average Bonchev–Trinajstić information content (AvgIpc) is 3.26. The maximum Gasteiger partial charge on any atom is 0.268 e. The number of hydrogen-bond acceptors (Lipinski definition) is 7. The molecule has 1 atom stereocenters. The molecule has 0 unspecified atom stereocenters. The summed E-state index contributed by atoms with van der Waals surface area (Å²) >= 11 is 2.99. The van der Waals surface area contributed by atoms with Crippen LogP contribution in [0.25, 0.3) is 10.2 Å². The van der Waals surface area contributed by atoms with Crippen LogP contribution in [0.2, 0.25) is 0 Å². The molecule has 3 rings (SSSR count). The molecule has 0 saturated heterocycles. The Morgan fingerprint density at radius 1 is 1.33 bits per heavy atom. The molecule has 0 aliphatic rings. The van der Waals surface area contributed by atoms with Gasteiger partial charge in [0, 0.05) is 6.54 Å². The van der Waals surface area contributed by atoms with Gasteiger partial charge in [0.2, 0.25) is 0 Å². The largest absolute Gasteiger partial charge is 0.309 e. The molecule has 7 nitrogen and oxygen atoms in total. The quantitative estimate of drug-likeness (QED) is 0.546. The Balaban J connectivity index is 1.84. The standard InChI is InChI=1S/C18H26N6OS2/c1-5-7-9-24-16(13(6-2)23(3)4)21-22-18(24)27-11-14-19-12-8-10-26-15(12)17(25)20-14/h8,10,13H,5-7,9,11H2,1-4H3,(H,19,20,25)/t13-/m0/s1. The lowest BCUT2D eigenvalue weighted by Gasteiger charge is -2.23. The van der Waals surface area contributed by atoms with Gasteiger partial charge in [-0.2, -0.15) is 0 Å². The first kappa shape index (κ1) is 20.0. The Bertz CT molecular complexity index is 945. The molecule has 9 heteroatoms. The SMILES string of the molecule is CCCCn1c(SCc2nc3ccsc3c(=O)[nH]2)nnc1[C@H](CC)N(C)C. The van der Waals surface area contributed by atoms with E-state index >= 15 is 0 Å². The third-order valence-corrected chi connectivity index (χ3v) is 6.37. The van der Waals surface area contributed by atoms with Crippen molar-refractivity contribution in [3.8, 4) is 0 Å². The van der Waals surface area contributed by atoms with Crippen molar-refractivity contribution in [2.24, 2.45) is 0 Å². The van der Waals surface area contributed by atoms with Crippen LogP contribution < -0.4 is 5.56 Å². The van der Waals surface area contributed by atoms with Crippen LogP contribution >= 0.6 is 23.1 Å². The van der Waals surface area contributed by atoms with E-state index in [1.165, 1.54) is 11.3 Å². The van der Waals surface area contributed by atoms with E-state index in [0.717, 1.165) is 42.3 Å². The Kier molecular flexibility index (Phi) is 6.67. The summed E-state index contributed by atoms with van der Waals surface area (Å²) < 4.78 is 2.90. The Hall–Kier alpha value is -1.71. The molecule has 0 aliphatic carbocycles. The normalized spacial score (nSPS) is 12.9. The van der Waals surface area contributed by atoms with Crippen LogP contribution in [0.1, 0.15) is 50.8 Å². The lowest BCUT2D eigenvalue weighted by molar-refractivity contribution is 0.270. The van der Waals surface area contributed by atoms with Crippen LogP contribution in [-0.4, -0.2) is 43.7 Å². The number of aromatic nitrogens is 5. The fourth-order valence-electron chi connectivity index (χ4n) is 3.08. The summed E-state index contributed by atoms with van der Waals surface area (Å²) in [7, 11) is 4.15. The fraction of sp³-hybridized carbons (Fsp3) is 0.556. The second-order valence-electron chi connectivity index (χ2n) is 6.67. The van der Waals surface area contributed by atoms with Crippen molar-refractivity contribution in [2.75, 3.05) is 14.1 Å². The second kappa shape index (κ2) is 8.99. The minimum absolute atomic E-state index is 0.0719. The van der Waals surface area contributed by atoms with Gasteiger partial charge in [0.05, 0.1) is 17.3 Å². The monoisotopic (exact) mass is 406 g/mol. The molecule has 1 N–H and O–H groups in total. The van der Waals surface area contributed by atoms with Gasteiger partial charge in [-0.15, -0.1) is 21.5 Å². The maximum atomic E-state index is 12.2. The lowest BCUT2D eigenvalue weighted by Crippen LogP contribution is -2.23. The first-order valence-corrected chi connectivity index (χ1v) is 11.1. The van der Waals surface area contributed by atoms with Gasteiger partial charge in [0.15, 0.2) is 11.0 Å². The third-order valence-electron chi connectivity index (χ3n) is 4.49. The summed E-state index contributed by atoms with van der Waals surface area (Å²) in [5, 5.41) is 11.7. The van der Waals surface area contributed by atoms with Crippen molar-refractivity contribution in [3.63, 3.8) is 0 Å². The molecule has 0 aliphatic heterocycles. The number of hydrogen-bond donors (Lipinski definition) is 1. The number of thiophene rings is 1. The zero-order valence-electron chi connectivity index (χ0n) is 16.2. The van der Waals surface area contributed by atoms with Crippen molar-refractivity contribution in [1.82, 2.24) is 29.6 Å². The van der Waals surface area contributed by atoms with Crippen LogP contribution in [-0.2, 0) is 12.3 Å². The number of fused-ring (bicyclic) bond motifs is 1. The topological polar surface area (TPSA) is 79.7 Å². The Morgan fingerprint density at radius 3 is 2.85 bits per heavy atom. The number of nitrogens with one attached hydrogen (secondary N) is 1. The predicted octanol–water partition coefficient (Wildman–Crippen LogP) is 3.68. The minimum Gasteiger partial charge on any atom is -0.309 e. The van der Waals surface area contributed by atoms with Gasteiger partial charge in [-0.25, -0.2) is 4.98 Å². The molecule has 0 spiro atoms. The first-order valence-electron chi connectivity index (χ1n) is 9.23. The molecule has 27 heavy (non-hydrogen) atoms. The summed E-state index contributed by atoms with van der Waals surface area (Å²) in [5.41, 5.74) is 0.684. The van der Waals surface area contributed by atoms with Gasteiger partial charge in [0.1, 0.15) is 10.5 Å². The summed E-state index contributed by atoms with van der Waals surface area (Å²) in [5.74, 6) is 2.24. The molecule has 0 bridgehead atoms. The summed E-state index contributed by atoms with van der Waals surface area (Å²) in [6, 6.07) is 2.12. The molecule has 3 aromatic rings. The van der Waals surface area contributed by atoms with E-state index in [2.05, 4.69) is 57.6 Å². The van der Waals surface area contributed by atoms with E-state index in [4.69, 9.17) is 0 Å². The van der Waals surface area contributed by atoms with Crippen molar-refractivity contribution >= 4 is 33.3 Å². The first-order chi connectivity index (χ1) is 13.0. The van der Waals surface area contributed by atoms with Crippen LogP contribution in [0.5, 0.6) is 0 Å². The second-order valence-corrected chi connectivity index (χ2v) is 8.53. The van der Waals surface area contributed by atoms with E-state index in [0.29, 0.717) is 16.3 Å². The summed E-state index contributed by atoms with van der Waals surface area (Å²) in [6.07, 6.45) is 3.17. The highest BCUT2D eigenvalue weighted by atomic mass is 32.2. The van der Waals surface area contributed by atoms with Gasteiger partial charge < -0.3 is 9.55 Å². The van der Waals surface area contributed by atoms with Crippen LogP contribution in [0.4, 0.5) is 0 Å². The van der Waals surface area contributed by atoms with Gasteiger partial charge >= 0.3 is 0 Å². The predicted molar refractivity (Wildman–Crippen MR) is 111 cm³/mol. The molecule has 0 amide bonds. The average molecular weight is 407 g/mol. The molecule has 3 heterocycles. The smallest absolute Gasteiger partial charge is 0.268 e. The van der Waals surface area contributed by atoms with Gasteiger partial charge in [-0.05, 0) is 38.4 Å². The van der Waals surface area contributed by atoms with E-state index < -0.39 is 0 Å². The maximum absolute atomic E-state index is 12.2. The molecule has 0 fully saturated rings. The van der Waals surface area contributed by atoms with Crippen LogP contribution in [0.15, 0.2) is 21.4 Å². The van der Waals surface area contributed by atoms with E-state index in [1.807, 2.05) is 11.4 Å². The van der Waals surface area contributed by atoms with Crippen molar-refractivity contribution in [1.29, 1.82) is 0 Å². The number of H-pyrrole nitrogens is 1. The highest BCUT2D eigenvalue weighted by Crippen LogP contribution is 2.27. The zero-order valence-corrected chi connectivity index (χ0v) is 17.9. The molecule has 0 aromatic carbocycles. The summed E-state index contributed by atoms with van der Waals surface area (Å²) in [4.78, 5) is 21.8. The van der Waals surface area contributed by atoms with E-state index in [9.17, 15) is 4.79 Å². The number of thioether (sulfide) groups is 1. The van der Waals surface area contributed by atoms with Crippen LogP contribution in [0.3, 0.4) is 0 Å². The fourth-order valence-corrected chi connectivity index (χ4v) is 4.65. The van der Waals surface area contributed by atoms with Crippen molar-refractivity contribution in [3.05, 3.63) is 33.4 Å². The number of aromatic amines is 1. The number of nitrogens with zero attached hydrogens (tertiary/aromatic N) is 5. The van der Waals surface area contributed by atoms with E-state index in [-0.39, 0.29) is 11.6 Å². The third kappa shape index (κ3) is 4.41. The van der Waals surface area contributed by atoms with Crippen molar-refractivity contribution in [2.45, 2.75) is 56.6 Å². The van der Waals surface area contributed by atoms with Gasteiger partial charge in [-0.3, -0.25) is 9.69 Å². The Morgan fingerprint density at radius 2 is 2.15 bits per heavy atom. The lowest BCUT2D eigenvalue weighted by atomic mass is 10.2. The van der Waals surface area contributed by atoms with Gasteiger partial charge in [0.25, 0.3) is 5.56 Å². The molecule has 0 radical (unpaired) electrons. The molecule has 3 aromatic heterocycles. The molecular weight excluding hydrogens is 380 g/mol. The molecule has 146 valence electrons.